The lowest BCUT2D eigenvalue weighted by atomic mass is 10.0. The van der Waals surface area contributed by atoms with Crippen LogP contribution < -0.4 is 0 Å². The van der Waals surface area contributed by atoms with Gasteiger partial charge < -0.3 is 24.4 Å². The lowest BCUT2D eigenvalue weighted by Gasteiger charge is -2.34. The topological polar surface area (TPSA) is 68.2 Å². The molecule has 0 amide bonds. The maximum Gasteiger partial charge on any atom is 0.187 e. The van der Waals surface area contributed by atoms with Gasteiger partial charge in [0.05, 0.1) is 6.61 Å². The van der Waals surface area contributed by atoms with Gasteiger partial charge in [-0.3, -0.25) is 0 Å². The van der Waals surface area contributed by atoms with Crippen molar-refractivity contribution in [3.8, 4) is 12.3 Å². The Balaban J connectivity index is 2.04. The first-order chi connectivity index (χ1) is 6.74. The Kier molecular flexibility index (Phi) is 2.72. The van der Waals surface area contributed by atoms with Gasteiger partial charge in [0.1, 0.15) is 31.0 Å². The van der Waals surface area contributed by atoms with Crippen molar-refractivity contribution in [2.75, 3.05) is 13.2 Å². The van der Waals surface area contributed by atoms with Crippen LogP contribution in [-0.4, -0.2) is 54.1 Å². The quantitative estimate of drug-likeness (QED) is 0.530. The Morgan fingerprint density at radius 1 is 1.43 bits per heavy atom. The van der Waals surface area contributed by atoms with Crippen LogP contribution in [0.1, 0.15) is 0 Å². The van der Waals surface area contributed by atoms with E-state index < -0.39 is 30.7 Å². The van der Waals surface area contributed by atoms with Crippen LogP contribution in [0.5, 0.6) is 0 Å². The third-order valence-corrected chi connectivity index (χ3v) is 2.43. The highest BCUT2D eigenvalue weighted by Gasteiger charge is 2.50. The minimum atomic E-state index is -1.01. The van der Waals surface area contributed by atoms with Gasteiger partial charge in [0.15, 0.2) is 6.29 Å². The van der Waals surface area contributed by atoms with Gasteiger partial charge in [-0.1, -0.05) is 5.92 Å². The van der Waals surface area contributed by atoms with Crippen molar-refractivity contribution >= 4 is 0 Å². The summed E-state index contributed by atoms with van der Waals surface area (Å²) in [6.07, 6.45) is 1.26. The number of hydrogen-bond acceptors (Lipinski definition) is 5. The van der Waals surface area contributed by atoms with Gasteiger partial charge in [-0.05, 0) is 0 Å². The van der Waals surface area contributed by atoms with Crippen LogP contribution in [0.15, 0.2) is 0 Å². The number of aliphatic hydroxyl groups excluding tert-OH is 2. The molecular weight excluding hydrogens is 188 g/mol. The number of fused-ring (bicyclic) bond motifs is 2. The molecule has 0 saturated carbocycles. The van der Waals surface area contributed by atoms with Gasteiger partial charge in [-0.2, -0.15) is 0 Å². The molecule has 2 fully saturated rings. The lowest BCUT2D eigenvalue weighted by molar-refractivity contribution is -0.239. The third-order valence-electron chi connectivity index (χ3n) is 2.43. The average Bonchev–Trinajstić information content (AvgIpc) is 2.62. The fourth-order valence-corrected chi connectivity index (χ4v) is 1.69. The maximum absolute atomic E-state index is 9.64. The molecule has 14 heavy (non-hydrogen) atoms. The van der Waals surface area contributed by atoms with E-state index in [9.17, 15) is 10.2 Å². The standard InChI is InChI=1S/C9H12O5/c1-2-3-12-8-7(11)6(10)5-4-13-9(8)14-5/h1,5-11H,3-4H2. The second-order valence-electron chi connectivity index (χ2n) is 3.34. The number of ether oxygens (including phenoxy) is 3. The first-order valence-electron chi connectivity index (χ1n) is 4.42. The Labute approximate surface area is 81.6 Å². The van der Waals surface area contributed by atoms with Crippen LogP contribution in [0.2, 0.25) is 0 Å². The summed E-state index contributed by atoms with van der Waals surface area (Å²) in [6, 6.07) is 0. The SMILES string of the molecule is C#CCOC1C2OCC(O2)C(O)C1O. The number of aliphatic hydroxyl groups is 2. The number of hydrogen-bond donors (Lipinski definition) is 2. The number of rotatable bonds is 2. The maximum atomic E-state index is 9.64. The van der Waals surface area contributed by atoms with Gasteiger partial charge in [-0.15, -0.1) is 6.42 Å². The van der Waals surface area contributed by atoms with Gasteiger partial charge in [0.25, 0.3) is 0 Å². The van der Waals surface area contributed by atoms with Crippen molar-refractivity contribution < 1.29 is 24.4 Å². The molecule has 0 aromatic carbocycles. The fraction of sp³-hybridized carbons (Fsp3) is 0.778. The summed E-state index contributed by atoms with van der Waals surface area (Å²) >= 11 is 0. The predicted octanol–water partition coefficient (Wildman–Crippen LogP) is -1.52. The van der Waals surface area contributed by atoms with E-state index in [4.69, 9.17) is 20.6 Å². The summed E-state index contributed by atoms with van der Waals surface area (Å²) in [6.45, 7) is 0.334. The molecule has 0 radical (unpaired) electrons. The van der Waals surface area contributed by atoms with Gasteiger partial charge in [-0.25, -0.2) is 0 Å². The molecule has 5 atom stereocenters. The summed E-state index contributed by atoms with van der Waals surface area (Å²) < 4.78 is 15.6. The van der Waals surface area contributed by atoms with E-state index in [1.54, 1.807) is 0 Å². The van der Waals surface area contributed by atoms with E-state index in [-0.39, 0.29) is 13.2 Å². The zero-order chi connectivity index (χ0) is 10.1. The molecule has 2 aliphatic heterocycles. The summed E-state index contributed by atoms with van der Waals surface area (Å²) in [5.41, 5.74) is 0. The van der Waals surface area contributed by atoms with Gasteiger partial charge >= 0.3 is 0 Å². The van der Waals surface area contributed by atoms with Crippen molar-refractivity contribution in [3.63, 3.8) is 0 Å². The van der Waals surface area contributed by atoms with E-state index in [2.05, 4.69) is 5.92 Å². The molecule has 0 aliphatic carbocycles. The zero-order valence-electron chi connectivity index (χ0n) is 7.50. The van der Waals surface area contributed by atoms with Crippen molar-refractivity contribution in [1.82, 2.24) is 0 Å². The van der Waals surface area contributed by atoms with Crippen LogP contribution in [0.4, 0.5) is 0 Å². The Hall–Kier alpha value is -0.640. The van der Waals surface area contributed by atoms with Gasteiger partial charge in [0, 0.05) is 0 Å². The molecule has 78 valence electrons. The van der Waals surface area contributed by atoms with Crippen molar-refractivity contribution in [3.05, 3.63) is 0 Å². The highest BCUT2D eigenvalue weighted by molar-refractivity contribution is 4.95. The molecule has 5 unspecified atom stereocenters. The molecule has 2 rings (SSSR count). The Morgan fingerprint density at radius 3 is 2.93 bits per heavy atom. The Morgan fingerprint density at radius 2 is 2.21 bits per heavy atom. The molecular formula is C9H12O5. The predicted molar refractivity (Wildman–Crippen MR) is 45.2 cm³/mol. The molecule has 5 heteroatoms. The first-order valence-corrected chi connectivity index (χ1v) is 4.42. The lowest BCUT2D eigenvalue weighted by Crippen LogP contribution is -2.54. The molecule has 0 aromatic heterocycles. The van der Waals surface area contributed by atoms with Crippen LogP contribution in [0, 0.1) is 12.3 Å². The van der Waals surface area contributed by atoms with Crippen LogP contribution in [0.25, 0.3) is 0 Å². The van der Waals surface area contributed by atoms with Crippen LogP contribution in [0.3, 0.4) is 0 Å². The van der Waals surface area contributed by atoms with Gasteiger partial charge in [0.2, 0.25) is 0 Å². The minimum Gasteiger partial charge on any atom is -0.387 e. The van der Waals surface area contributed by atoms with E-state index in [0.29, 0.717) is 0 Å². The van der Waals surface area contributed by atoms with Crippen molar-refractivity contribution in [1.29, 1.82) is 0 Å². The Bertz CT molecular complexity index is 248. The normalized spacial score (nSPS) is 46.2. The molecule has 5 nitrogen and oxygen atoms in total. The van der Waals surface area contributed by atoms with Crippen molar-refractivity contribution in [2.24, 2.45) is 0 Å². The van der Waals surface area contributed by atoms with Crippen LogP contribution in [-0.2, 0) is 14.2 Å². The molecule has 2 aliphatic rings. The third kappa shape index (κ3) is 1.52. The largest absolute Gasteiger partial charge is 0.387 e. The number of terminal acetylenes is 1. The highest BCUT2D eigenvalue weighted by Crippen LogP contribution is 2.29. The smallest absolute Gasteiger partial charge is 0.187 e. The summed E-state index contributed by atoms with van der Waals surface area (Å²) in [5, 5.41) is 19.2. The van der Waals surface area contributed by atoms with Crippen LogP contribution >= 0.6 is 0 Å². The van der Waals surface area contributed by atoms with E-state index in [1.807, 2.05) is 0 Å². The molecule has 2 bridgehead atoms. The van der Waals surface area contributed by atoms with Crippen molar-refractivity contribution in [2.45, 2.75) is 30.7 Å². The fourth-order valence-electron chi connectivity index (χ4n) is 1.69. The second-order valence-corrected chi connectivity index (χ2v) is 3.34. The average molecular weight is 200 g/mol. The summed E-state index contributed by atoms with van der Waals surface area (Å²) in [5.74, 6) is 2.28. The van der Waals surface area contributed by atoms with E-state index in [0.717, 1.165) is 0 Å². The van der Waals surface area contributed by atoms with E-state index in [1.165, 1.54) is 0 Å². The first kappa shape index (κ1) is 9.90. The summed E-state index contributed by atoms with van der Waals surface area (Å²) in [4.78, 5) is 0. The zero-order valence-corrected chi connectivity index (χ0v) is 7.50. The molecule has 2 N–H and O–H groups in total. The highest BCUT2D eigenvalue weighted by atomic mass is 16.8. The molecule has 2 saturated heterocycles. The second kappa shape index (κ2) is 3.85. The summed E-state index contributed by atoms with van der Waals surface area (Å²) in [7, 11) is 0. The van der Waals surface area contributed by atoms with E-state index >= 15 is 0 Å². The molecule has 0 spiro atoms. The monoisotopic (exact) mass is 200 g/mol. The minimum absolute atomic E-state index is 0.0579. The molecule has 2 heterocycles. The molecule has 0 aromatic rings.